The first-order chi connectivity index (χ1) is 15.5. The van der Waals surface area contributed by atoms with Gasteiger partial charge in [0.1, 0.15) is 11.6 Å². The molecule has 1 saturated heterocycles. The third-order valence-corrected chi connectivity index (χ3v) is 5.29. The number of carbonyl (C=O) groups is 1. The molecular weight excluding hydrogens is 413 g/mol. The molecule has 32 heavy (non-hydrogen) atoms. The summed E-state index contributed by atoms with van der Waals surface area (Å²) < 4.78 is 19.5. The van der Waals surface area contributed by atoms with Crippen LogP contribution in [0.25, 0.3) is 11.4 Å². The highest BCUT2D eigenvalue weighted by atomic mass is 19.1. The molecule has 4 rings (SSSR count). The number of benzene rings is 1. The first kappa shape index (κ1) is 21.4. The minimum atomic E-state index is -0.551. The number of hydrogen-bond acceptors (Lipinski definition) is 8. The van der Waals surface area contributed by atoms with Gasteiger partial charge in [0.05, 0.1) is 42.1 Å². The Balaban J connectivity index is 1.63. The second-order valence-electron chi connectivity index (χ2n) is 7.54. The summed E-state index contributed by atoms with van der Waals surface area (Å²) in [4.78, 5) is 27.6. The lowest BCUT2D eigenvalue weighted by molar-refractivity contribution is 0.102. The fourth-order valence-electron chi connectivity index (χ4n) is 3.67. The van der Waals surface area contributed by atoms with Gasteiger partial charge in [-0.1, -0.05) is 0 Å². The van der Waals surface area contributed by atoms with Crippen LogP contribution < -0.4 is 26.4 Å². The van der Waals surface area contributed by atoms with E-state index in [0.717, 1.165) is 25.1 Å². The minimum absolute atomic E-state index is 0.0224. The SMILES string of the molecule is COc1ccc(F)c(-c2ncc(N)c(C(=O)Nc3cnccc3N3CCC[C@H](N)C3)n2)c1. The van der Waals surface area contributed by atoms with Crippen molar-refractivity contribution in [3.05, 3.63) is 54.4 Å². The number of nitrogens with two attached hydrogens (primary N) is 2. The Morgan fingerprint density at radius 2 is 2.16 bits per heavy atom. The average Bonchev–Trinajstić information content (AvgIpc) is 2.80. The van der Waals surface area contributed by atoms with Crippen LogP contribution in [0.3, 0.4) is 0 Å². The number of pyridine rings is 1. The molecule has 1 amide bonds. The number of nitrogens with zero attached hydrogens (tertiary/aromatic N) is 4. The first-order valence-electron chi connectivity index (χ1n) is 10.2. The molecule has 1 aliphatic heterocycles. The van der Waals surface area contributed by atoms with Gasteiger partial charge in [-0.3, -0.25) is 9.78 Å². The van der Waals surface area contributed by atoms with E-state index in [1.165, 1.54) is 31.5 Å². The third-order valence-electron chi connectivity index (χ3n) is 5.29. The number of nitrogens with one attached hydrogen (secondary N) is 1. The van der Waals surface area contributed by atoms with Crippen molar-refractivity contribution in [2.75, 3.05) is 36.1 Å². The summed E-state index contributed by atoms with van der Waals surface area (Å²) in [7, 11) is 1.47. The number of nitrogen functional groups attached to an aromatic ring is 1. The Bertz CT molecular complexity index is 1140. The zero-order valence-corrected chi connectivity index (χ0v) is 17.6. The van der Waals surface area contributed by atoms with Crippen molar-refractivity contribution in [2.24, 2.45) is 5.73 Å². The van der Waals surface area contributed by atoms with E-state index in [9.17, 15) is 9.18 Å². The summed E-state index contributed by atoms with van der Waals surface area (Å²) in [5.41, 5.74) is 13.5. The van der Waals surface area contributed by atoms with Crippen molar-refractivity contribution in [3.8, 4) is 17.1 Å². The molecule has 166 valence electrons. The quantitative estimate of drug-likeness (QED) is 0.554. The summed E-state index contributed by atoms with van der Waals surface area (Å²) in [5, 5.41) is 2.82. The molecule has 3 aromatic rings. The van der Waals surface area contributed by atoms with E-state index in [2.05, 4.69) is 25.2 Å². The highest BCUT2D eigenvalue weighted by Crippen LogP contribution is 2.29. The highest BCUT2D eigenvalue weighted by Gasteiger charge is 2.22. The maximum absolute atomic E-state index is 14.4. The number of anilines is 3. The van der Waals surface area contributed by atoms with Gasteiger partial charge >= 0.3 is 0 Å². The van der Waals surface area contributed by atoms with Crippen LogP contribution in [0.15, 0.2) is 42.9 Å². The molecule has 0 radical (unpaired) electrons. The van der Waals surface area contributed by atoms with Crippen molar-refractivity contribution in [2.45, 2.75) is 18.9 Å². The summed E-state index contributed by atoms with van der Waals surface area (Å²) in [6, 6.07) is 6.09. The molecule has 9 nitrogen and oxygen atoms in total. The van der Waals surface area contributed by atoms with Crippen molar-refractivity contribution < 1.29 is 13.9 Å². The molecule has 0 unspecified atom stereocenters. The number of piperidine rings is 1. The fraction of sp³-hybridized carbons (Fsp3) is 0.273. The molecule has 1 fully saturated rings. The maximum atomic E-state index is 14.4. The number of amides is 1. The Morgan fingerprint density at radius 1 is 1.31 bits per heavy atom. The van der Waals surface area contributed by atoms with Gasteiger partial charge in [0.2, 0.25) is 0 Å². The van der Waals surface area contributed by atoms with E-state index in [-0.39, 0.29) is 28.8 Å². The lowest BCUT2D eigenvalue weighted by Gasteiger charge is -2.33. The summed E-state index contributed by atoms with van der Waals surface area (Å²) >= 11 is 0. The third kappa shape index (κ3) is 4.45. The Hall–Kier alpha value is -3.79. The zero-order valence-electron chi connectivity index (χ0n) is 17.6. The molecule has 0 bridgehead atoms. The van der Waals surface area contributed by atoms with E-state index >= 15 is 0 Å². The molecule has 0 saturated carbocycles. The number of halogens is 1. The average molecular weight is 437 g/mol. The molecular formula is C22H24FN7O2. The van der Waals surface area contributed by atoms with E-state index in [1.807, 2.05) is 6.07 Å². The monoisotopic (exact) mass is 437 g/mol. The van der Waals surface area contributed by atoms with Crippen molar-refractivity contribution in [1.82, 2.24) is 15.0 Å². The number of rotatable bonds is 5. The second kappa shape index (κ2) is 9.15. The molecule has 0 aliphatic carbocycles. The number of hydrogen-bond donors (Lipinski definition) is 3. The van der Waals surface area contributed by atoms with E-state index in [4.69, 9.17) is 16.2 Å². The van der Waals surface area contributed by atoms with Crippen LogP contribution in [0.2, 0.25) is 0 Å². The van der Waals surface area contributed by atoms with E-state index < -0.39 is 11.7 Å². The fourth-order valence-corrected chi connectivity index (χ4v) is 3.67. The Morgan fingerprint density at radius 3 is 2.94 bits per heavy atom. The first-order valence-corrected chi connectivity index (χ1v) is 10.2. The lowest BCUT2D eigenvalue weighted by atomic mass is 10.1. The predicted octanol–water partition coefficient (Wildman–Crippen LogP) is 2.45. The van der Waals surface area contributed by atoms with Crippen LogP contribution in [0.5, 0.6) is 5.75 Å². The van der Waals surface area contributed by atoms with Crippen LogP contribution in [0, 0.1) is 5.82 Å². The Labute approximate surface area is 184 Å². The van der Waals surface area contributed by atoms with Gasteiger partial charge < -0.3 is 26.4 Å². The normalized spacial score (nSPS) is 16.0. The van der Waals surface area contributed by atoms with Gasteiger partial charge in [-0.15, -0.1) is 0 Å². The molecule has 1 aliphatic rings. The zero-order chi connectivity index (χ0) is 22.7. The van der Waals surface area contributed by atoms with Gasteiger partial charge in [-0.25, -0.2) is 14.4 Å². The standard InChI is InChI=1S/C22H24FN7O2/c1-32-14-4-5-16(23)15(9-14)21-27-10-17(25)20(29-21)22(31)28-18-11-26-7-6-19(18)30-8-2-3-13(24)12-30/h4-7,9-11,13H,2-3,8,12,24-25H2,1H3,(H,28,31)/t13-/m0/s1. The smallest absolute Gasteiger partial charge is 0.276 e. The molecule has 3 heterocycles. The Kier molecular flexibility index (Phi) is 6.13. The number of methoxy groups -OCH3 is 1. The van der Waals surface area contributed by atoms with Gasteiger partial charge in [0.15, 0.2) is 11.5 Å². The largest absolute Gasteiger partial charge is 0.497 e. The van der Waals surface area contributed by atoms with Gasteiger partial charge in [-0.05, 0) is 37.1 Å². The second-order valence-corrected chi connectivity index (χ2v) is 7.54. The van der Waals surface area contributed by atoms with Gasteiger partial charge in [0, 0.05) is 25.3 Å². The number of aromatic nitrogens is 3. The van der Waals surface area contributed by atoms with E-state index in [1.54, 1.807) is 12.4 Å². The molecule has 10 heteroatoms. The lowest BCUT2D eigenvalue weighted by Crippen LogP contribution is -2.43. The maximum Gasteiger partial charge on any atom is 0.276 e. The van der Waals surface area contributed by atoms with Crippen molar-refractivity contribution >= 4 is 23.0 Å². The topological polar surface area (TPSA) is 132 Å². The summed E-state index contributed by atoms with van der Waals surface area (Å²) in [6.07, 6.45) is 6.43. The minimum Gasteiger partial charge on any atom is -0.497 e. The molecule has 0 spiro atoms. The van der Waals surface area contributed by atoms with E-state index in [0.29, 0.717) is 18.0 Å². The molecule has 2 aromatic heterocycles. The van der Waals surface area contributed by atoms with Gasteiger partial charge in [-0.2, -0.15) is 0 Å². The summed E-state index contributed by atoms with van der Waals surface area (Å²) in [6.45, 7) is 1.51. The molecule has 1 atom stereocenters. The molecule has 5 N–H and O–H groups in total. The highest BCUT2D eigenvalue weighted by molar-refractivity contribution is 6.07. The van der Waals surface area contributed by atoms with Crippen LogP contribution >= 0.6 is 0 Å². The summed E-state index contributed by atoms with van der Waals surface area (Å²) in [5.74, 6) is -0.635. The van der Waals surface area contributed by atoms with Crippen molar-refractivity contribution in [1.29, 1.82) is 0 Å². The van der Waals surface area contributed by atoms with Crippen LogP contribution in [0.1, 0.15) is 23.3 Å². The van der Waals surface area contributed by atoms with Crippen LogP contribution in [0.4, 0.5) is 21.5 Å². The number of carbonyl (C=O) groups excluding carboxylic acids is 1. The van der Waals surface area contributed by atoms with Crippen LogP contribution in [-0.4, -0.2) is 47.1 Å². The van der Waals surface area contributed by atoms with Crippen molar-refractivity contribution in [3.63, 3.8) is 0 Å². The van der Waals surface area contributed by atoms with Crippen LogP contribution in [-0.2, 0) is 0 Å². The predicted molar refractivity (Wildman–Crippen MR) is 120 cm³/mol. The van der Waals surface area contributed by atoms with Gasteiger partial charge in [0.25, 0.3) is 5.91 Å². The molecule has 1 aromatic carbocycles. The number of ether oxygens (including phenoxy) is 1.